The van der Waals surface area contributed by atoms with E-state index in [1.807, 2.05) is 19.9 Å². The van der Waals surface area contributed by atoms with Gasteiger partial charge >= 0.3 is 6.03 Å². The Hall–Kier alpha value is -3.40. The number of fused-ring (bicyclic) bond motifs is 4. The predicted molar refractivity (Wildman–Crippen MR) is 116 cm³/mol. The van der Waals surface area contributed by atoms with Crippen molar-refractivity contribution in [1.82, 2.24) is 15.3 Å². The van der Waals surface area contributed by atoms with Crippen molar-refractivity contribution < 1.29 is 19.4 Å². The number of amides is 3. The van der Waals surface area contributed by atoms with Crippen LogP contribution in [0.5, 0.6) is 5.75 Å². The van der Waals surface area contributed by atoms with Crippen LogP contribution in [0.2, 0.25) is 0 Å². The van der Waals surface area contributed by atoms with Crippen LogP contribution in [-0.2, 0) is 0 Å². The molecule has 2 aromatic rings. The van der Waals surface area contributed by atoms with E-state index in [1.54, 1.807) is 23.1 Å². The van der Waals surface area contributed by atoms with Crippen molar-refractivity contribution in [2.75, 3.05) is 41.4 Å². The highest BCUT2D eigenvalue weighted by molar-refractivity contribution is 6.05. The monoisotopic (exact) mass is 426 g/mol. The second-order valence-electron chi connectivity index (χ2n) is 7.80. The highest BCUT2D eigenvalue weighted by Crippen LogP contribution is 2.39. The molecule has 1 atom stereocenters. The van der Waals surface area contributed by atoms with Crippen LogP contribution < -0.4 is 25.2 Å². The number of hydrogen-bond acceptors (Lipinski definition) is 7. The van der Waals surface area contributed by atoms with E-state index in [0.717, 1.165) is 18.7 Å². The Bertz CT molecular complexity index is 982. The molecule has 10 nitrogen and oxygen atoms in total. The molecule has 2 aliphatic rings. The SMILES string of the molecule is CC(C)NC(=O)c1ccc2c(n1)N(C(=O)Nc1cc(OCCO)ccn1)[C@H]1CCN2C1. The van der Waals surface area contributed by atoms with Crippen molar-refractivity contribution in [1.29, 1.82) is 0 Å². The van der Waals surface area contributed by atoms with Crippen molar-refractivity contribution in [3.8, 4) is 5.75 Å². The Morgan fingerprint density at radius 3 is 2.94 bits per heavy atom. The molecule has 2 aliphatic heterocycles. The van der Waals surface area contributed by atoms with Crippen LogP contribution in [0.4, 0.5) is 22.1 Å². The Kier molecular flexibility index (Phi) is 5.90. The molecular formula is C21H26N6O4. The number of ether oxygens (including phenoxy) is 1. The summed E-state index contributed by atoms with van der Waals surface area (Å²) >= 11 is 0. The summed E-state index contributed by atoms with van der Waals surface area (Å²) < 4.78 is 5.38. The van der Waals surface area contributed by atoms with Gasteiger partial charge in [-0.05, 0) is 38.5 Å². The zero-order chi connectivity index (χ0) is 22.0. The number of nitrogens with zero attached hydrogens (tertiary/aromatic N) is 4. The number of rotatable bonds is 6. The lowest BCUT2D eigenvalue weighted by Gasteiger charge is -2.35. The van der Waals surface area contributed by atoms with Crippen LogP contribution >= 0.6 is 0 Å². The quantitative estimate of drug-likeness (QED) is 0.642. The summed E-state index contributed by atoms with van der Waals surface area (Å²) in [6, 6.07) is 6.36. The van der Waals surface area contributed by atoms with Gasteiger partial charge in [0.25, 0.3) is 5.91 Å². The number of urea groups is 1. The molecule has 1 saturated heterocycles. The molecule has 2 aromatic heterocycles. The fraction of sp³-hybridized carbons (Fsp3) is 0.429. The van der Waals surface area contributed by atoms with E-state index >= 15 is 0 Å². The fourth-order valence-corrected chi connectivity index (χ4v) is 3.84. The molecule has 1 fully saturated rings. The Balaban J connectivity index is 1.60. The second kappa shape index (κ2) is 8.76. The number of aromatic nitrogens is 2. The maximum atomic E-state index is 13.2. The molecule has 0 spiro atoms. The Morgan fingerprint density at radius 1 is 1.32 bits per heavy atom. The summed E-state index contributed by atoms with van der Waals surface area (Å²) in [6.07, 6.45) is 2.33. The van der Waals surface area contributed by atoms with Crippen molar-refractivity contribution in [3.63, 3.8) is 0 Å². The lowest BCUT2D eigenvalue weighted by atomic mass is 10.1. The molecule has 0 saturated carbocycles. The van der Waals surface area contributed by atoms with Crippen LogP contribution in [0.1, 0.15) is 30.8 Å². The van der Waals surface area contributed by atoms with E-state index < -0.39 is 0 Å². The van der Waals surface area contributed by atoms with Gasteiger partial charge in [-0.15, -0.1) is 0 Å². The fourth-order valence-electron chi connectivity index (χ4n) is 3.84. The molecule has 3 amide bonds. The van der Waals surface area contributed by atoms with Gasteiger partial charge in [0.2, 0.25) is 0 Å². The average Bonchev–Trinajstić information content (AvgIpc) is 3.16. The van der Waals surface area contributed by atoms with Gasteiger partial charge < -0.3 is 20.1 Å². The topological polar surface area (TPSA) is 120 Å². The molecule has 3 N–H and O–H groups in total. The van der Waals surface area contributed by atoms with Crippen LogP contribution in [0.3, 0.4) is 0 Å². The first-order chi connectivity index (χ1) is 15.0. The minimum absolute atomic E-state index is 0.0175. The van der Waals surface area contributed by atoms with Crippen molar-refractivity contribution in [2.45, 2.75) is 32.4 Å². The molecule has 0 radical (unpaired) electrons. The first kappa shape index (κ1) is 20.9. The van der Waals surface area contributed by atoms with Gasteiger partial charge in [-0.2, -0.15) is 0 Å². The third-order valence-electron chi connectivity index (χ3n) is 5.15. The van der Waals surface area contributed by atoms with Crippen molar-refractivity contribution >= 4 is 29.3 Å². The number of anilines is 3. The maximum Gasteiger partial charge on any atom is 0.329 e. The number of carbonyl (C=O) groups excluding carboxylic acids is 2. The highest BCUT2D eigenvalue weighted by atomic mass is 16.5. The zero-order valence-corrected chi connectivity index (χ0v) is 17.5. The molecular weight excluding hydrogens is 400 g/mol. The maximum absolute atomic E-state index is 13.2. The van der Waals surface area contributed by atoms with Gasteiger partial charge in [0.15, 0.2) is 5.82 Å². The summed E-state index contributed by atoms with van der Waals surface area (Å²) in [6.45, 7) is 5.35. The molecule has 4 heterocycles. The van der Waals surface area contributed by atoms with E-state index in [4.69, 9.17) is 9.84 Å². The highest BCUT2D eigenvalue weighted by Gasteiger charge is 2.40. The number of pyridine rings is 2. The van der Waals surface area contributed by atoms with E-state index in [2.05, 4.69) is 25.5 Å². The molecule has 4 rings (SSSR count). The molecule has 164 valence electrons. The van der Waals surface area contributed by atoms with Crippen molar-refractivity contribution in [2.24, 2.45) is 0 Å². The summed E-state index contributed by atoms with van der Waals surface area (Å²) in [7, 11) is 0. The lowest BCUT2D eigenvalue weighted by Crippen LogP contribution is -2.48. The summed E-state index contributed by atoms with van der Waals surface area (Å²) in [5.74, 6) is 1.02. The molecule has 31 heavy (non-hydrogen) atoms. The Morgan fingerprint density at radius 2 is 2.16 bits per heavy atom. The summed E-state index contributed by atoms with van der Waals surface area (Å²) in [5, 5.41) is 14.6. The Labute approximate surface area is 180 Å². The van der Waals surface area contributed by atoms with Gasteiger partial charge in [-0.3, -0.25) is 15.0 Å². The van der Waals surface area contributed by atoms with Crippen LogP contribution in [-0.4, -0.2) is 65.4 Å². The summed E-state index contributed by atoms with van der Waals surface area (Å²) in [5.41, 5.74) is 1.10. The van der Waals surface area contributed by atoms with Gasteiger partial charge in [0.05, 0.1) is 18.3 Å². The number of nitrogens with one attached hydrogen (secondary N) is 2. The number of aliphatic hydroxyl groups excluding tert-OH is 1. The first-order valence-electron chi connectivity index (χ1n) is 10.3. The van der Waals surface area contributed by atoms with Gasteiger partial charge in [0.1, 0.15) is 23.9 Å². The van der Waals surface area contributed by atoms with Gasteiger partial charge in [-0.1, -0.05) is 0 Å². The predicted octanol–water partition coefficient (Wildman–Crippen LogP) is 1.62. The molecule has 2 bridgehead atoms. The number of aliphatic hydroxyl groups is 1. The largest absolute Gasteiger partial charge is 0.491 e. The van der Waals surface area contributed by atoms with Gasteiger partial charge in [-0.25, -0.2) is 14.8 Å². The number of hydrogen-bond donors (Lipinski definition) is 3. The first-order valence-corrected chi connectivity index (χ1v) is 10.3. The summed E-state index contributed by atoms with van der Waals surface area (Å²) in [4.78, 5) is 38.2. The minimum atomic E-state index is -0.367. The average molecular weight is 426 g/mol. The minimum Gasteiger partial charge on any atom is -0.491 e. The molecule has 0 aromatic carbocycles. The third kappa shape index (κ3) is 4.38. The van der Waals surface area contributed by atoms with E-state index in [1.165, 1.54) is 6.20 Å². The van der Waals surface area contributed by atoms with E-state index in [0.29, 0.717) is 23.9 Å². The second-order valence-corrected chi connectivity index (χ2v) is 7.80. The van der Waals surface area contributed by atoms with E-state index in [9.17, 15) is 9.59 Å². The molecule has 10 heteroatoms. The smallest absolute Gasteiger partial charge is 0.329 e. The third-order valence-corrected chi connectivity index (χ3v) is 5.15. The normalized spacial score (nSPS) is 16.8. The molecule has 0 aliphatic carbocycles. The number of carbonyl (C=O) groups is 2. The molecule has 0 unspecified atom stereocenters. The van der Waals surface area contributed by atoms with Crippen LogP contribution in [0, 0.1) is 0 Å². The van der Waals surface area contributed by atoms with Crippen molar-refractivity contribution in [3.05, 3.63) is 36.2 Å². The lowest BCUT2D eigenvalue weighted by molar-refractivity contribution is 0.0938. The standard InChI is InChI=1S/C21H26N6O4/c1-13(2)23-20(29)16-3-4-17-19(24-16)27(14-6-8-26(17)12-14)21(30)25-18-11-15(5-7-22-18)31-10-9-28/h3-5,7,11,13-14,28H,6,8-10,12H2,1-2H3,(H,23,29)(H,22,25,30)/t14-/m0/s1. The van der Waals surface area contributed by atoms with Crippen LogP contribution in [0.25, 0.3) is 0 Å². The van der Waals surface area contributed by atoms with Gasteiger partial charge in [0, 0.05) is 31.4 Å². The van der Waals surface area contributed by atoms with Crippen LogP contribution in [0.15, 0.2) is 30.5 Å². The zero-order valence-electron chi connectivity index (χ0n) is 17.5. The van der Waals surface area contributed by atoms with E-state index in [-0.39, 0.29) is 42.9 Å².